The average Bonchev–Trinajstić information content (AvgIpc) is 3.02. The molecule has 43 heavy (non-hydrogen) atoms. The van der Waals surface area contributed by atoms with Gasteiger partial charge in [0.15, 0.2) is 5.75 Å². The molecule has 226 valence electrons. The highest BCUT2D eigenvalue weighted by Crippen LogP contribution is 2.25. The van der Waals surface area contributed by atoms with Gasteiger partial charge in [-0.3, -0.25) is 0 Å². The molecule has 0 aromatic heterocycles. The van der Waals surface area contributed by atoms with Crippen LogP contribution in [0.3, 0.4) is 0 Å². The van der Waals surface area contributed by atoms with Crippen LogP contribution in [0.4, 0.5) is 0 Å². The molecule has 0 saturated heterocycles. The fourth-order valence-corrected chi connectivity index (χ4v) is 3.44. The van der Waals surface area contributed by atoms with E-state index in [1.807, 2.05) is 24.3 Å². The zero-order valence-corrected chi connectivity index (χ0v) is 24.0. The van der Waals surface area contributed by atoms with Crippen molar-refractivity contribution < 1.29 is 47.8 Å². The molecule has 0 amide bonds. The molecule has 0 bridgehead atoms. The van der Waals surface area contributed by atoms with Crippen LogP contribution >= 0.6 is 0 Å². The second-order valence-corrected chi connectivity index (χ2v) is 8.98. The molecular formula is C33H34O10. The number of esters is 3. The maximum Gasteiger partial charge on any atom is 0.343 e. The summed E-state index contributed by atoms with van der Waals surface area (Å²) in [6.07, 6.45) is 3.32. The molecule has 0 heterocycles. The molecule has 0 saturated carbocycles. The molecule has 0 atom stereocenters. The van der Waals surface area contributed by atoms with Gasteiger partial charge < -0.3 is 28.6 Å². The van der Waals surface area contributed by atoms with Gasteiger partial charge in [0.25, 0.3) is 0 Å². The first kappa shape index (κ1) is 32.4. The Hall–Kier alpha value is -5.09. The van der Waals surface area contributed by atoms with Gasteiger partial charge in [0, 0.05) is 25.0 Å². The van der Waals surface area contributed by atoms with Gasteiger partial charge in [0.1, 0.15) is 23.9 Å². The second kappa shape index (κ2) is 17.7. The van der Waals surface area contributed by atoms with E-state index in [9.17, 15) is 14.4 Å². The van der Waals surface area contributed by atoms with E-state index in [-0.39, 0.29) is 19.8 Å². The monoisotopic (exact) mass is 590 g/mol. The van der Waals surface area contributed by atoms with E-state index < -0.39 is 17.9 Å². The van der Waals surface area contributed by atoms with Gasteiger partial charge in [-0.2, -0.15) is 4.89 Å². The molecule has 0 spiro atoms. The Kier molecular flexibility index (Phi) is 13.3. The molecule has 0 aliphatic carbocycles. The molecule has 3 aromatic carbocycles. The highest BCUT2D eigenvalue weighted by Gasteiger charge is 2.12. The normalized spacial score (nSPS) is 10.3. The summed E-state index contributed by atoms with van der Waals surface area (Å²) in [7, 11) is 0. The molecule has 10 heteroatoms. The number of carbonyl (C=O) groups excluding carboxylic acids is 3. The van der Waals surface area contributed by atoms with Crippen molar-refractivity contribution in [3.8, 4) is 23.0 Å². The topological polar surface area (TPSA) is 116 Å². The largest absolute Gasteiger partial charge is 0.493 e. The molecule has 0 N–H and O–H groups in total. The van der Waals surface area contributed by atoms with Gasteiger partial charge in [0.05, 0.1) is 32.0 Å². The maximum absolute atomic E-state index is 12.6. The van der Waals surface area contributed by atoms with Gasteiger partial charge in [-0.05, 0) is 72.6 Å². The summed E-state index contributed by atoms with van der Waals surface area (Å²) >= 11 is 0. The van der Waals surface area contributed by atoms with Crippen LogP contribution in [0.1, 0.15) is 34.3 Å². The van der Waals surface area contributed by atoms with Gasteiger partial charge in [-0.1, -0.05) is 25.3 Å². The summed E-state index contributed by atoms with van der Waals surface area (Å²) in [4.78, 5) is 45.4. The number of ether oxygens (including phenoxy) is 5. The molecule has 0 aliphatic rings. The minimum absolute atomic E-state index is 0.204. The first-order valence-corrected chi connectivity index (χ1v) is 13.5. The highest BCUT2D eigenvalue weighted by molar-refractivity contribution is 5.91. The van der Waals surface area contributed by atoms with Crippen LogP contribution in [-0.4, -0.2) is 44.3 Å². The minimum Gasteiger partial charge on any atom is -0.493 e. The van der Waals surface area contributed by atoms with Crippen molar-refractivity contribution in [1.82, 2.24) is 0 Å². The molecule has 0 radical (unpaired) electrons. The Labute approximate surface area is 250 Å². The quantitative estimate of drug-likeness (QED) is 0.0455. The summed E-state index contributed by atoms with van der Waals surface area (Å²) in [5.41, 5.74) is 1.92. The van der Waals surface area contributed by atoms with Crippen molar-refractivity contribution in [3.63, 3.8) is 0 Å². The van der Waals surface area contributed by atoms with E-state index in [0.717, 1.165) is 17.7 Å². The number of hydrogen-bond donors (Lipinski definition) is 0. The summed E-state index contributed by atoms with van der Waals surface area (Å²) < 4.78 is 26.5. The number of aryl methyl sites for hydroxylation is 1. The van der Waals surface area contributed by atoms with Crippen LogP contribution in [0.15, 0.2) is 92.0 Å². The molecular weight excluding hydrogens is 556 g/mol. The van der Waals surface area contributed by atoms with Crippen LogP contribution in [0.2, 0.25) is 0 Å². The van der Waals surface area contributed by atoms with E-state index in [2.05, 4.69) is 13.2 Å². The predicted octanol–water partition coefficient (Wildman–Crippen LogP) is 5.72. The summed E-state index contributed by atoms with van der Waals surface area (Å²) in [6, 6.07) is 18.9. The second-order valence-electron chi connectivity index (χ2n) is 8.98. The zero-order valence-electron chi connectivity index (χ0n) is 24.0. The van der Waals surface area contributed by atoms with Gasteiger partial charge in [0.2, 0.25) is 0 Å². The Morgan fingerprint density at radius 2 is 1.23 bits per heavy atom. The lowest BCUT2D eigenvalue weighted by molar-refractivity contribution is -0.217. The first-order chi connectivity index (χ1) is 20.9. The van der Waals surface area contributed by atoms with E-state index in [1.54, 1.807) is 49.4 Å². The molecule has 3 aromatic rings. The van der Waals surface area contributed by atoms with Crippen LogP contribution in [0.25, 0.3) is 0 Å². The lowest BCUT2D eigenvalue weighted by Gasteiger charge is -2.11. The number of hydrogen-bond acceptors (Lipinski definition) is 10. The fraction of sp³-hybridized carbons (Fsp3) is 0.242. The average molecular weight is 591 g/mol. The van der Waals surface area contributed by atoms with E-state index in [1.165, 1.54) is 0 Å². The minimum atomic E-state index is -0.514. The summed E-state index contributed by atoms with van der Waals surface area (Å²) in [6.45, 7) is 9.93. The Morgan fingerprint density at radius 3 is 1.77 bits per heavy atom. The molecule has 3 rings (SSSR count). The zero-order chi connectivity index (χ0) is 30.9. The predicted molar refractivity (Wildman–Crippen MR) is 157 cm³/mol. The van der Waals surface area contributed by atoms with Crippen molar-refractivity contribution in [1.29, 1.82) is 0 Å². The van der Waals surface area contributed by atoms with Crippen LogP contribution < -0.4 is 19.1 Å². The van der Waals surface area contributed by atoms with Gasteiger partial charge in [-0.25, -0.2) is 14.4 Å². The van der Waals surface area contributed by atoms with Crippen molar-refractivity contribution in [3.05, 3.63) is 109 Å². The molecule has 0 aliphatic heterocycles. The standard InChI is InChI=1S/C33H34O10/c1-4-31(34)39-20-6-18-37-27-12-8-25(9-13-27)23-41-43-29-16-17-30(24(3)22-29)42-33(36)26-10-14-28(15-11-26)38-19-7-21-40-32(35)5-2/h4-5,8-17,22H,1-2,6-7,18-21,23H2,3H3. The van der Waals surface area contributed by atoms with E-state index in [0.29, 0.717) is 60.2 Å². The summed E-state index contributed by atoms with van der Waals surface area (Å²) in [5, 5.41) is 0. The van der Waals surface area contributed by atoms with E-state index in [4.69, 9.17) is 33.5 Å². The van der Waals surface area contributed by atoms with Crippen molar-refractivity contribution in [2.45, 2.75) is 26.4 Å². The van der Waals surface area contributed by atoms with Crippen molar-refractivity contribution in [2.75, 3.05) is 26.4 Å². The maximum atomic E-state index is 12.6. The molecule has 0 unspecified atom stereocenters. The van der Waals surface area contributed by atoms with Gasteiger partial charge >= 0.3 is 17.9 Å². The lowest BCUT2D eigenvalue weighted by atomic mass is 10.2. The van der Waals surface area contributed by atoms with Gasteiger partial charge in [-0.15, -0.1) is 0 Å². The lowest BCUT2D eigenvalue weighted by Crippen LogP contribution is -2.10. The third kappa shape index (κ3) is 11.7. The van der Waals surface area contributed by atoms with Crippen molar-refractivity contribution in [2.24, 2.45) is 0 Å². The number of carbonyl (C=O) groups is 3. The van der Waals surface area contributed by atoms with E-state index >= 15 is 0 Å². The molecule has 10 nitrogen and oxygen atoms in total. The van der Waals surface area contributed by atoms with Crippen molar-refractivity contribution >= 4 is 17.9 Å². The Bertz CT molecular complexity index is 1360. The van der Waals surface area contributed by atoms with Crippen LogP contribution in [0, 0.1) is 6.92 Å². The number of rotatable bonds is 18. The fourth-order valence-electron chi connectivity index (χ4n) is 3.44. The Balaban J connectivity index is 1.37. The van der Waals surface area contributed by atoms with Crippen LogP contribution in [0.5, 0.6) is 23.0 Å². The highest BCUT2D eigenvalue weighted by atomic mass is 17.2. The summed E-state index contributed by atoms with van der Waals surface area (Å²) in [5.74, 6) is 0.667. The smallest absolute Gasteiger partial charge is 0.343 e. The van der Waals surface area contributed by atoms with Crippen LogP contribution in [-0.2, 0) is 30.6 Å². The molecule has 0 fully saturated rings. The third-order valence-corrected chi connectivity index (χ3v) is 5.68. The first-order valence-electron chi connectivity index (χ1n) is 13.5. The SMILES string of the molecule is C=CC(=O)OCCCOc1ccc(COOc2ccc(OC(=O)c3ccc(OCCCOC(=O)C=C)cc3)c(C)c2)cc1. The third-order valence-electron chi connectivity index (χ3n) is 5.68. The Morgan fingerprint density at radius 1 is 0.698 bits per heavy atom. The number of benzene rings is 3.